The quantitative estimate of drug-likeness (QED) is 0.687. The van der Waals surface area contributed by atoms with Gasteiger partial charge >= 0.3 is 0 Å². The number of aromatic nitrogens is 1. The number of ether oxygens (including phenoxy) is 2. The number of likely N-dealkylation sites (tertiary alicyclic amines) is 1. The van der Waals surface area contributed by atoms with Crippen LogP contribution in [0.4, 0.5) is 0 Å². The number of carbonyl (C=O) groups is 1. The van der Waals surface area contributed by atoms with Gasteiger partial charge in [0.2, 0.25) is 0 Å². The molecule has 1 N–H and O–H groups in total. The fraction of sp³-hybridized carbons (Fsp3) is 0.565. The lowest BCUT2D eigenvalue weighted by Gasteiger charge is -2.28. The smallest absolute Gasteiger partial charge is 0.260 e. The molecule has 2 aliphatic rings. The molecule has 0 bridgehead atoms. The van der Waals surface area contributed by atoms with Crippen molar-refractivity contribution in [2.75, 3.05) is 26.8 Å². The van der Waals surface area contributed by atoms with Gasteiger partial charge in [0, 0.05) is 30.7 Å². The van der Waals surface area contributed by atoms with Crippen LogP contribution in [-0.4, -0.2) is 42.6 Å². The zero-order valence-corrected chi connectivity index (χ0v) is 18.7. The lowest BCUT2D eigenvalue weighted by Crippen LogP contribution is -2.39. The summed E-state index contributed by atoms with van der Waals surface area (Å²) in [6, 6.07) is 5.95. The van der Waals surface area contributed by atoms with E-state index < -0.39 is 0 Å². The Hall–Kier alpha value is -2.12. The number of nitrogens with zero attached hydrogens (tertiary/aromatic N) is 2. The molecule has 1 aromatic carbocycles. The highest BCUT2D eigenvalue weighted by Crippen LogP contribution is 2.40. The molecule has 162 valence electrons. The van der Waals surface area contributed by atoms with Gasteiger partial charge in [0.05, 0.1) is 12.6 Å². The van der Waals surface area contributed by atoms with Crippen LogP contribution in [0.3, 0.4) is 0 Å². The van der Waals surface area contributed by atoms with Crippen molar-refractivity contribution < 1.29 is 14.3 Å². The third-order valence-corrected chi connectivity index (χ3v) is 7.32. The molecule has 1 amide bonds. The molecule has 1 aromatic heterocycles. The number of carbonyl (C=O) groups excluding carboxylic acids is 1. The van der Waals surface area contributed by atoms with Crippen LogP contribution in [0.5, 0.6) is 11.5 Å². The van der Waals surface area contributed by atoms with E-state index in [2.05, 4.69) is 17.6 Å². The van der Waals surface area contributed by atoms with Gasteiger partial charge in [0.1, 0.15) is 5.01 Å². The van der Waals surface area contributed by atoms with E-state index in [-0.39, 0.29) is 18.1 Å². The summed E-state index contributed by atoms with van der Waals surface area (Å²) in [6.07, 6.45) is 6.87. The number of hydrogen-bond donors (Lipinski definition) is 1. The molecule has 0 radical (unpaired) electrons. The van der Waals surface area contributed by atoms with Crippen molar-refractivity contribution in [1.29, 1.82) is 0 Å². The molecule has 2 fully saturated rings. The summed E-state index contributed by atoms with van der Waals surface area (Å²) in [4.78, 5) is 18.9. The van der Waals surface area contributed by atoms with Crippen LogP contribution < -0.4 is 14.8 Å². The van der Waals surface area contributed by atoms with Crippen molar-refractivity contribution in [2.45, 2.75) is 57.5 Å². The highest BCUT2D eigenvalue weighted by molar-refractivity contribution is 7.09. The average molecular weight is 430 g/mol. The molecule has 30 heavy (non-hydrogen) atoms. The van der Waals surface area contributed by atoms with Crippen LogP contribution >= 0.6 is 11.3 Å². The second-order valence-electron chi connectivity index (χ2n) is 8.30. The van der Waals surface area contributed by atoms with Crippen molar-refractivity contribution in [3.8, 4) is 11.5 Å². The van der Waals surface area contributed by atoms with Crippen molar-refractivity contribution in [2.24, 2.45) is 0 Å². The molecule has 1 aliphatic heterocycles. The van der Waals surface area contributed by atoms with Crippen molar-refractivity contribution in [3.05, 3.63) is 39.8 Å². The van der Waals surface area contributed by atoms with Crippen LogP contribution in [0.15, 0.2) is 23.6 Å². The predicted octanol–water partition coefficient (Wildman–Crippen LogP) is 4.02. The summed E-state index contributed by atoms with van der Waals surface area (Å²) in [5, 5.41) is 7.12. The highest BCUT2D eigenvalue weighted by atomic mass is 32.1. The topological polar surface area (TPSA) is 63.7 Å². The molecule has 1 aliphatic carbocycles. The minimum absolute atomic E-state index is 0.0243. The van der Waals surface area contributed by atoms with E-state index in [4.69, 9.17) is 14.5 Å². The number of benzene rings is 1. The Labute approximate surface area is 182 Å². The first-order chi connectivity index (χ1) is 14.6. The molecular formula is C23H31N3O3S. The van der Waals surface area contributed by atoms with E-state index >= 15 is 0 Å². The van der Waals surface area contributed by atoms with E-state index in [1.54, 1.807) is 18.4 Å². The van der Waals surface area contributed by atoms with Crippen LogP contribution in [-0.2, 0) is 16.9 Å². The summed E-state index contributed by atoms with van der Waals surface area (Å²) >= 11 is 1.76. The number of hydrogen-bond acceptors (Lipinski definition) is 6. The molecule has 0 unspecified atom stereocenters. The number of aryl methyl sites for hydroxylation is 1. The van der Waals surface area contributed by atoms with Crippen LogP contribution in [0.1, 0.15) is 54.8 Å². The molecule has 7 heteroatoms. The van der Waals surface area contributed by atoms with Gasteiger partial charge in [-0.3, -0.25) is 4.79 Å². The predicted molar refractivity (Wildman–Crippen MR) is 118 cm³/mol. The van der Waals surface area contributed by atoms with Gasteiger partial charge in [-0.1, -0.05) is 18.9 Å². The van der Waals surface area contributed by atoms with Gasteiger partial charge in [-0.05, 0) is 50.3 Å². The highest BCUT2D eigenvalue weighted by Gasteiger charge is 2.37. The number of rotatable bonds is 8. The Balaban J connectivity index is 1.40. The normalized spacial score (nSPS) is 18.0. The maximum absolute atomic E-state index is 12.3. The Kier molecular flexibility index (Phi) is 6.58. The maximum atomic E-state index is 12.3. The molecule has 2 heterocycles. The van der Waals surface area contributed by atoms with E-state index in [9.17, 15) is 4.79 Å². The standard InChI is InChI=1S/C23H31N3O3S/c1-17-16-30-22(25-17)23(9-3-4-10-23)24-14-18-7-8-19(20(13-18)28-2)29-15-21(27)26-11-5-6-12-26/h7-8,13,16,24H,3-6,9-12,14-15H2,1-2H3. The third kappa shape index (κ3) is 4.62. The first kappa shape index (κ1) is 21.1. The van der Waals surface area contributed by atoms with Gasteiger partial charge < -0.3 is 19.7 Å². The maximum Gasteiger partial charge on any atom is 0.260 e. The van der Waals surface area contributed by atoms with E-state index in [1.807, 2.05) is 23.1 Å². The van der Waals surface area contributed by atoms with Gasteiger partial charge in [-0.15, -0.1) is 11.3 Å². The Morgan fingerprint density at radius 1 is 1.20 bits per heavy atom. The zero-order valence-electron chi connectivity index (χ0n) is 17.9. The van der Waals surface area contributed by atoms with Gasteiger partial charge in [0.15, 0.2) is 18.1 Å². The van der Waals surface area contributed by atoms with Gasteiger partial charge in [-0.25, -0.2) is 4.98 Å². The van der Waals surface area contributed by atoms with Crippen molar-refractivity contribution >= 4 is 17.2 Å². The van der Waals surface area contributed by atoms with Crippen molar-refractivity contribution in [3.63, 3.8) is 0 Å². The second kappa shape index (κ2) is 9.35. The van der Waals surface area contributed by atoms with E-state index in [0.717, 1.165) is 56.6 Å². The fourth-order valence-corrected chi connectivity index (χ4v) is 5.46. The monoisotopic (exact) mass is 429 g/mol. The first-order valence-electron chi connectivity index (χ1n) is 10.8. The molecular weight excluding hydrogens is 398 g/mol. The summed E-state index contributed by atoms with van der Waals surface area (Å²) in [5.74, 6) is 1.32. The minimum Gasteiger partial charge on any atom is -0.493 e. The fourth-order valence-electron chi connectivity index (χ4n) is 4.43. The van der Waals surface area contributed by atoms with Gasteiger partial charge in [0.25, 0.3) is 5.91 Å². The molecule has 2 aromatic rings. The lowest BCUT2D eigenvalue weighted by atomic mass is 9.98. The second-order valence-corrected chi connectivity index (χ2v) is 9.16. The minimum atomic E-state index is -0.0243. The lowest BCUT2D eigenvalue weighted by molar-refractivity contribution is -0.132. The largest absolute Gasteiger partial charge is 0.493 e. The molecule has 0 atom stereocenters. The number of thiazole rings is 1. The number of amides is 1. The van der Waals surface area contributed by atoms with Crippen LogP contribution in [0.2, 0.25) is 0 Å². The summed E-state index contributed by atoms with van der Waals surface area (Å²) in [6.45, 7) is 4.53. The van der Waals surface area contributed by atoms with Crippen LogP contribution in [0, 0.1) is 6.92 Å². The molecule has 0 spiro atoms. The van der Waals surface area contributed by atoms with Crippen molar-refractivity contribution in [1.82, 2.24) is 15.2 Å². The van der Waals surface area contributed by atoms with Gasteiger partial charge in [-0.2, -0.15) is 0 Å². The number of methoxy groups -OCH3 is 1. The van der Waals surface area contributed by atoms with E-state index in [0.29, 0.717) is 11.5 Å². The summed E-state index contributed by atoms with van der Waals surface area (Å²) < 4.78 is 11.3. The Morgan fingerprint density at radius 3 is 2.63 bits per heavy atom. The van der Waals surface area contributed by atoms with Crippen LogP contribution in [0.25, 0.3) is 0 Å². The molecule has 4 rings (SSSR count). The average Bonchev–Trinajstić information content (AvgIpc) is 3.52. The summed E-state index contributed by atoms with van der Waals surface area (Å²) in [5.41, 5.74) is 2.20. The summed E-state index contributed by atoms with van der Waals surface area (Å²) in [7, 11) is 1.64. The first-order valence-corrected chi connectivity index (χ1v) is 11.7. The third-order valence-electron chi connectivity index (χ3n) is 6.15. The molecule has 6 nitrogen and oxygen atoms in total. The Morgan fingerprint density at radius 2 is 1.97 bits per heavy atom. The zero-order chi connectivity index (χ0) is 21.0. The molecule has 1 saturated heterocycles. The SMILES string of the molecule is COc1cc(CNC2(c3nc(C)cs3)CCCC2)ccc1OCC(=O)N1CCCC1. The molecule has 1 saturated carbocycles. The number of nitrogens with one attached hydrogen (secondary N) is 1. The Bertz CT molecular complexity index is 870. The van der Waals surface area contributed by atoms with E-state index in [1.165, 1.54) is 17.8 Å².